The second-order valence-electron chi connectivity index (χ2n) is 2.29. The molecule has 6 heteroatoms. The molecule has 14 heavy (non-hydrogen) atoms. The van der Waals surface area contributed by atoms with Gasteiger partial charge in [-0.1, -0.05) is 12.1 Å². The third-order valence-corrected chi connectivity index (χ3v) is 1.97. The summed E-state index contributed by atoms with van der Waals surface area (Å²) in [5.41, 5.74) is -0.367. The van der Waals surface area contributed by atoms with Crippen molar-refractivity contribution in [2.24, 2.45) is 0 Å². The van der Waals surface area contributed by atoms with Crippen LogP contribution in [0.1, 0.15) is 20.7 Å². The zero-order chi connectivity index (χ0) is 10.0. The fourth-order valence-corrected chi connectivity index (χ4v) is 1.22. The van der Waals surface area contributed by atoms with Crippen LogP contribution in [-0.2, 0) is 0 Å². The molecular weight excluding hydrogens is 215 g/mol. The third kappa shape index (κ3) is 2.75. The van der Waals surface area contributed by atoms with E-state index in [2.05, 4.69) is 12.6 Å². The summed E-state index contributed by atoms with van der Waals surface area (Å²) >= 11 is 3.79. The van der Waals surface area contributed by atoms with Crippen molar-refractivity contribution in [3.05, 3.63) is 29.3 Å². The van der Waals surface area contributed by atoms with Crippen LogP contribution in [0.25, 0.3) is 0 Å². The fourth-order valence-electron chi connectivity index (χ4n) is 0.881. The average molecular weight is 220 g/mol. The topological polar surface area (TPSA) is 77.4 Å². The maximum absolute atomic E-state index is 10.5. The van der Waals surface area contributed by atoms with Crippen LogP contribution in [-0.4, -0.2) is 17.0 Å². The van der Waals surface area contributed by atoms with Gasteiger partial charge in [-0.25, -0.2) is 4.79 Å². The Morgan fingerprint density at radius 2 is 1.79 bits per heavy atom. The number of carboxylic acids is 2. The average Bonchev–Trinajstić information content (AvgIpc) is 2.03. The van der Waals surface area contributed by atoms with Gasteiger partial charge >= 0.3 is 35.5 Å². The van der Waals surface area contributed by atoms with E-state index in [1.807, 2.05) is 0 Å². The Balaban J connectivity index is 0.00000169. The van der Waals surface area contributed by atoms with Gasteiger partial charge < -0.3 is 15.0 Å². The smallest absolute Gasteiger partial charge is 0.545 e. The molecule has 0 aliphatic heterocycles. The predicted octanol–water partition coefficient (Wildman–Crippen LogP) is -2.96. The second-order valence-corrected chi connectivity index (χ2v) is 2.74. The molecule has 1 rings (SSSR count). The van der Waals surface area contributed by atoms with Crippen molar-refractivity contribution in [3.63, 3.8) is 0 Å². The summed E-state index contributed by atoms with van der Waals surface area (Å²) in [5.74, 6) is -2.65. The Bertz CT molecular complexity index is 345. The molecule has 1 aromatic rings. The number of rotatable bonds is 2. The van der Waals surface area contributed by atoms with E-state index < -0.39 is 11.9 Å². The van der Waals surface area contributed by atoms with E-state index in [1.54, 1.807) is 0 Å². The molecule has 1 N–H and O–H groups in total. The molecule has 0 aliphatic rings. The van der Waals surface area contributed by atoms with Gasteiger partial charge in [-0.2, -0.15) is 0 Å². The Labute approximate surface area is 108 Å². The summed E-state index contributed by atoms with van der Waals surface area (Å²) in [6, 6.07) is 3.84. The molecule has 4 nitrogen and oxygen atoms in total. The minimum Gasteiger partial charge on any atom is -0.545 e. The van der Waals surface area contributed by atoms with Gasteiger partial charge in [0, 0.05) is 10.5 Å². The van der Waals surface area contributed by atoms with E-state index in [4.69, 9.17) is 5.11 Å². The number of benzene rings is 1. The van der Waals surface area contributed by atoms with E-state index in [1.165, 1.54) is 18.2 Å². The number of aromatic carboxylic acids is 2. The normalized spacial score (nSPS) is 8.93. The van der Waals surface area contributed by atoms with E-state index in [0.717, 1.165) is 0 Å². The summed E-state index contributed by atoms with van der Waals surface area (Å²) < 4.78 is 0. The third-order valence-electron chi connectivity index (χ3n) is 1.49. The molecule has 0 saturated carbocycles. The van der Waals surface area contributed by atoms with Gasteiger partial charge in [0.05, 0.1) is 11.5 Å². The van der Waals surface area contributed by atoms with Gasteiger partial charge in [0.1, 0.15) is 0 Å². The second kappa shape index (κ2) is 5.41. The Morgan fingerprint density at radius 3 is 2.21 bits per heavy atom. The Hall–Kier alpha value is -0.490. The number of carbonyl (C=O) groups excluding carboxylic acids is 1. The quantitative estimate of drug-likeness (QED) is 0.412. The number of thiol groups is 1. The van der Waals surface area contributed by atoms with Gasteiger partial charge in [0.25, 0.3) is 0 Å². The minimum atomic E-state index is -1.44. The van der Waals surface area contributed by atoms with Gasteiger partial charge in [0.15, 0.2) is 0 Å². The fraction of sp³-hybridized carbons (Fsp3) is 0. The van der Waals surface area contributed by atoms with Crippen molar-refractivity contribution in [2.75, 3.05) is 0 Å². The van der Waals surface area contributed by atoms with Crippen molar-refractivity contribution in [1.82, 2.24) is 0 Å². The van der Waals surface area contributed by atoms with E-state index in [0.29, 0.717) is 0 Å². The summed E-state index contributed by atoms with van der Waals surface area (Å²) in [5, 5.41) is 19.1. The molecule has 0 atom stereocenters. The summed E-state index contributed by atoms with van der Waals surface area (Å²) in [6.45, 7) is 0. The van der Waals surface area contributed by atoms with Crippen LogP contribution in [0.4, 0.5) is 0 Å². The number of carbonyl (C=O) groups is 2. The summed E-state index contributed by atoms with van der Waals surface area (Å²) in [7, 11) is 0. The molecule has 0 aromatic heterocycles. The largest absolute Gasteiger partial charge is 1.00 e. The SMILES string of the molecule is O=C([O-])c1cccc(C(=O)O)c1S.[Na+]. The van der Waals surface area contributed by atoms with E-state index in [-0.39, 0.29) is 45.6 Å². The van der Waals surface area contributed by atoms with Crippen LogP contribution in [0, 0.1) is 0 Å². The molecule has 0 unspecified atom stereocenters. The first kappa shape index (κ1) is 13.5. The molecule has 68 valence electrons. The number of carboxylic acid groups (broad SMARTS) is 2. The first-order valence-electron chi connectivity index (χ1n) is 3.30. The van der Waals surface area contributed by atoms with Crippen LogP contribution in [0.15, 0.2) is 23.1 Å². The molecule has 0 amide bonds. The molecule has 0 fully saturated rings. The molecule has 0 heterocycles. The molecule has 0 saturated heterocycles. The van der Waals surface area contributed by atoms with Crippen LogP contribution < -0.4 is 34.7 Å². The van der Waals surface area contributed by atoms with E-state index >= 15 is 0 Å². The molecule has 0 bridgehead atoms. The summed E-state index contributed by atoms with van der Waals surface area (Å²) in [6.07, 6.45) is 0. The predicted molar refractivity (Wildman–Crippen MR) is 45.0 cm³/mol. The van der Waals surface area contributed by atoms with Gasteiger partial charge in [0.2, 0.25) is 0 Å². The monoisotopic (exact) mass is 220 g/mol. The van der Waals surface area contributed by atoms with Crippen LogP contribution >= 0.6 is 12.6 Å². The Morgan fingerprint density at radius 1 is 1.29 bits per heavy atom. The van der Waals surface area contributed by atoms with Crippen molar-refractivity contribution in [1.29, 1.82) is 0 Å². The molecule has 0 radical (unpaired) electrons. The summed E-state index contributed by atoms with van der Waals surface area (Å²) in [4.78, 5) is 20.9. The Kier molecular flexibility index (Phi) is 5.22. The molecule has 0 spiro atoms. The van der Waals surface area contributed by atoms with Crippen LogP contribution in [0.3, 0.4) is 0 Å². The van der Waals surface area contributed by atoms with Crippen molar-refractivity contribution in [3.8, 4) is 0 Å². The van der Waals surface area contributed by atoms with Crippen LogP contribution in [0.5, 0.6) is 0 Å². The van der Waals surface area contributed by atoms with Gasteiger partial charge in [-0.15, -0.1) is 12.6 Å². The number of hydrogen-bond donors (Lipinski definition) is 2. The van der Waals surface area contributed by atoms with Crippen molar-refractivity contribution in [2.45, 2.75) is 4.90 Å². The molecule has 0 aliphatic carbocycles. The van der Waals surface area contributed by atoms with Gasteiger partial charge in [-0.3, -0.25) is 0 Å². The first-order chi connectivity index (χ1) is 6.04. The molecule has 1 aromatic carbocycles. The standard InChI is InChI=1S/C8H6O4S.Na/c9-7(10)4-2-1-3-5(6(4)13)8(11)12;/h1-3,13H,(H,9,10)(H,11,12);/q;+1/p-1. The van der Waals surface area contributed by atoms with E-state index in [9.17, 15) is 14.7 Å². The van der Waals surface area contributed by atoms with Gasteiger partial charge in [-0.05, 0) is 6.07 Å². The maximum Gasteiger partial charge on any atom is 1.00 e. The zero-order valence-electron chi connectivity index (χ0n) is 7.35. The minimum absolute atomic E-state index is 0. The first-order valence-corrected chi connectivity index (χ1v) is 3.75. The van der Waals surface area contributed by atoms with Crippen molar-refractivity contribution >= 4 is 24.6 Å². The van der Waals surface area contributed by atoms with Crippen LogP contribution in [0.2, 0.25) is 0 Å². The number of hydrogen-bond acceptors (Lipinski definition) is 4. The zero-order valence-corrected chi connectivity index (χ0v) is 10.2. The maximum atomic E-state index is 10.5. The molecular formula is C8H5NaO4S. The van der Waals surface area contributed by atoms with Crippen molar-refractivity contribution < 1.29 is 49.4 Å².